The molecule has 4 rings (SSSR count). The molecule has 0 amide bonds. The van der Waals surface area contributed by atoms with E-state index in [-0.39, 0.29) is 5.75 Å². The van der Waals surface area contributed by atoms with E-state index in [1.807, 2.05) is 46.3 Å². The lowest BCUT2D eigenvalue weighted by Gasteiger charge is -2.07. The molecule has 5 heteroatoms. The summed E-state index contributed by atoms with van der Waals surface area (Å²) in [4.78, 5) is 10.2. The molecule has 0 spiro atoms. The number of hydrogen-bond acceptors (Lipinski definition) is 4. The van der Waals surface area contributed by atoms with Gasteiger partial charge >= 0.3 is 0 Å². The van der Waals surface area contributed by atoms with Crippen molar-refractivity contribution in [1.29, 1.82) is 0 Å². The minimum atomic E-state index is 0.224. The number of imidazole rings is 1. The Hall–Kier alpha value is -2.66. The van der Waals surface area contributed by atoms with Crippen molar-refractivity contribution in [2.24, 2.45) is 0 Å². The maximum absolute atomic E-state index is 9.75. The summed E-state index contributed by atoms with van der Waals surface area (Å²) in [6.45, 7) is 0. The van der Waals surface area contributed by atoms with E-state index < -0.39 is 0 Å². The third-order valence-corrected chi connectivity index (χ3v) is 4.11. The van der Waals surface area contributed by atoms with Gasteiger partial charge in [0.2, 0.25) is 0 Å². The van der Waals surface area contributed by atoms with Gasteiger partial charge in [0.25, 0.3) is 0 Å². The molecule has 3 aromatic heterocycles. The summed E-state index contributed by atoms with van der Waals surface area (Å²) < 4.78 is 1.97. The fourth-order valence-electron chi connectivity index (χ4n) is 2.36. The maximum Gasteiger partial charge on any atom is 0.164 e. The second kappa shape index (κ2) is 4.71. The van der Waals surface area contributed by atoms with E-state index in [0.29, 0.717) is 0 Å². The third kappa shape index (κ3) is 1.98. The predicted octanol–water partition coefficient (Wildman–Crippen LogP) is 3.85. The molecular weight excluding hydrogens is 282 g/mol. The average molecular weight is 293 g/mol. The van der Waals surface area contributed by atoms with Gasteiger partial charge in [-0.25, -0.2) is 9.97 Å². The van der Waals surface area contributed by atoms with Crippen LogP contribution in [0.3, 0.4) is 0 Å². The molecule has 4 nitrogen and oxygen atoms in total. The van der Waals surface area contributed by atoms with E-state index >= 15 is 0 Å². The second-order valence-electron chi connectivity index (χ2n) is 4.61. The Morgan fingerprint density at radius 2 is 2.00 bits per heavy atom. The highest BCUT2D eigenvalue weighted by atomic mass is 32.1. The van der Waals surface area contributed by atoms with Crippen LogP contribution in [0, 0.1) is 0 Å². The number of thiophene rings is 1. The van der Waals surface area contributed by atoms with Crippen LogP contribution in [0.5, 0.6) is 5.75 Å². The molecule has 0 radical (unpaired) electrons. The molecule has 0 saturated heterocycles. The summed E-state index contributed by atoms with van der Waals surface area (Å²) in [5.74, 6) is 1.06. The van der Waals surface area contributed by atoms with Crippen molar-refractivity contribution in [2.75, 3.05) is 0 Å². The lowest BCUT2D eigenvalue weighted by molar-refractivity contribution is 0.475. The minimum Gasteiger partial charge on any atom is -0.508 e. The van der Waals surface area contributed by atoms with Crippen LogP contribution in [-0.4, -0.2) is 19.6 Å². The van der Waals surface area contributed by atoms with E-state index in [4.69, 9.17) is 4.98 Å². The summed E-state index contributed by atoms with van der Waals surface area (Å²) >= 11 is 1.63. The molecule has 0 atom stereocenters. The van der Waals surface area contributed by atoms with Crippen LogP contribution in [0.2, 0.25) is 0 Å². The second-order valence-corrected chi connectivity index (χ2v) is 5.56. The maximum atomic E-state index is 9.75. The highest BCUT2D eigenvalue weighted by Crippen LogP contribution is 2.31. The van der Waals surface area contributed by atoms with Gasteiger partial charge in [0.05, 0.1) is 10.6 Å². The lowest BCUT2D eigenvalue weighted by Crippen LogP contribution is -1.97. The molecule has 0 aliphatic heterocycles. The molecule has 0 saturated carbocycles. The van der Waals surface area contributed by atoms with Crippen LogP contribution in [0.25, 0.3) is 27.6 Å². The molecule has 0 bridgehead atoms. The number of phenolic OH excluding ortho intramolecular Hbond substituents is 1. The highest BCUT2D eigenvalue weighted by molar-refractivity contribution is 7.13. The van der Waals surface area contributed by atoms with Gasteiger partial charge < -0.3 is 5.11 Å². The minimum absolute atomic E-state index is 0.224. The number of pyridine rings is 1. The molecular formula is C16H11N3OS. The summed E-state index contributed by atoms with van der Waals surface area (Å²) in [5, 5.41) is 11.8. The Morgan fingerprint density at radius 1 is 1.05 bits per heavy atom. The van der Waals surface area contributed by atoms with Crippen molar-refractivity contribution < 1.29 is 5.11 Å². The van der Waals surface area contributed by atoms with Crippen molar-refractivity contribution in [1.82, 2.24) is 14.5 Å². The van der Waals surface area contributed by atoms with Gasteiger partial charge in [0.1, 0.15) is 11.3 Å². The van der Waals surface area contributed by atoms with Gasteiger partial charge in [-0.05, 0) is 35.7 Å². The molecule has 0 unspecified atom stereocenters. The molecule has 0 aliphatic rings. The first kappa shape index (κ1) is 12.1. The number of fused-ring (bicyclic) bond motifs is 1. The number of benzene rings is 1. The fraction of sp³-hybridized carbons (Fsp3) is 0. The highest BCUT2D eigenvalue weighted by Gasteiger charge is 2.15. The van der Waals surface area contributed by atoms with Crippen molar-refractivity contribution in [3.05, 3.63) is 60.1 Å². The lowest BCUT2D eigenvalue weighted by atomic mass is 10.3. The first-order valence-corrected chi connectivity index (χ1v) is 7.37. The number of nitrogens with zero attached hydrogens (tertiary/aromatic N) is 3. The van der Waals surface area contributed by atoms with Crippen molar-refractivity contribution in [3.63, 3.8) is 0 Å². The molecule has 3 heterocycles. The Morgan fingerprint density at radius 3 is 2.81 bits per heavy atom. The van der Waals surface area contributed by atoms with Gasteiger partial charge in [-0.2, -0.15) is 0 Å². The Kier molecular flexibility index (Phi) is 2.72. The summed E-state index contributed by atoms with van der Waals surface area (Å²) in [5.41, 5.74) is 2.47. The first-order valence-electron chi connectivity index (χ1n) is 6.50. The van der Waals surface area contributed by atoms with Crippen molar-refractivity contribution in [2.45, 2.75) is 0 Å². The van der Waals surface area contributed by atoms with Crippen LogP contribution < -0.4 is 0 Å². The molecule has 21 heavy (non-hydrogen) atoms. The van der Waals surface area contributed by atoms with Gasteiger partial charge in [-0.15, -0.1) is 11.3 Å². The van der Waals surface area contributed by atoms with Crippen LogP contribution in [-0.2, 0) is 0 Å². The molecule has 1 N–H and O–H groups in total. The molecule has 0 fully saturated rings. The number of aromatic hydroxyl groups is 1. The topological polar surface area (TPSA) is 50.9 Å². The monoisotopic (exact) mass is 293 g/mol. The van der Waals surface area contributed by atoms with Gasteiger partial charge in [0, 0.05) is 12.3 Å². The average Bonchev–Trinajstić information content (AvgIpc) is 3.14. The predicted molar refractivity (Wildman–Crippen MR) is 83.8 cm³/mol. The van der Waals surface area contributed by atoms with Gasteiger partial charge in [-0.3, -0.25) is 4.57 Å². The molecule has 4 aromatic rings. The van der Waals surface area contributed by atoms with Crippen molar-refractivity contribution >= 4 is 22.5 Å². The van der Waals surface area contributed by atoms with E-state index in [1.165, 1.54) is 0 Å². The number of hydrogen-bond donors (Lipinski definition) is 1. The van der Waals surface area contributed by atoms with E-state index in [0.717, 1.165) is 27.6 Å². The smallest absolute Gasteiger partial charge is 0.164 e. The van der Waals surface area contributed by atoms with Gasteiger partial charge in [0.15, 0.2) is 11.5 Å². The molecule has 1 aromatic carbocycles. The van der Waals surface area contributed by atoms with E-state index in [1.54, 1.807) is 29.7 Å². The summed E-state index contributed by atoms with van der Waals surface area (Å²) in [6, 6.07) is 15.0. The Labute approximate surface area is 125 Å². The standard InChI is InChI=1S/C16H11N3OS/c20-12-5-1-4-11(10-12)19-15-13(6-2-8-17-15)18-16(19)14-7-3-9-21-14/h1-10,20H. The normalized spacial score (nSPS) is 11.0. The van der Waals surface area contributed by atoms with Crippen LogP contribution >= 0.6 is 11.3 Å². The Bertz CT molecular complexity index is 912. The van der Waals surface area contributed by atoms with Crippen LogP contribution in [0.1, 0.15) is 0 Å². The quantitative estimate of drug-likeness (QED) is 0.610. The zero-order valence-electron chi connectivity index (χ0n) is 11.0. The Balaban J connectivity index is 2.08. The van der Waals surface area contributed by atoms with Crippen molar-refractivity contribution in [3.8, 4) is 22.1 Å². The first-order chi connectivity index (χ1) is 10.3. The SMILES string of the molecule is Oc1cccc(-n2c(-c3cccs3)nc3cccnc32)c1. The summed E-state index contributed by atoms with van der Waals surface area (Å²) in [7, 11) is 0. The zero-order valence-corrected chi connectivity index (χ0v) is 11.8. The van der Waals surface area contributed by atoms with Crippen LogP contribution in [0.15, 0.2) is 60.1 Å². The number of aromatic nitrogens is 3. The number of rotatable bonds is 2. The third-order valence-electron chi connectivity index (χ3n) is 3.25. The van der Waals surface area contributed by atoms with E-state index in [2.05, 4.69) is 4.98 Å². The van der Waals surface area contributed by atoms with E-state index in [9.17, 15) is 5.11 Å². The molecule has 102 valence electrons. The zero-order chi connectivity index (χ0) is 14.2. The largest absolute Gasteiger partial charge is 0.508 e. The molecule has 0 aliphatic carbocycles. The van der Waals surface area contributed by atoms with Crippen LogP contribution in [0.4, 0.5) is 0 Å². The van der Waals surface area contributed by atoms with Gasteiger partial charge in [-0.1, -0.05) is 12.1 Å². The number of phenols is 1. The summed E-state index contributed by atoms with van der Waals surface area (Å²) in [6.07, 6.45) is 1.75. The fourth-order valence-corrected chi connectivity index (χ4v) is 3.06.